The van der Waals surface area contributed by atoms with Gasteiger partial charge in [0.2, 0.25) is 15.9 Å². The van der Waals surface area contributed by atoms with E-state index < -0.39 is 10.0 Å². The molecule has 8 nitrogen and oxygen atoms in total. The van der Waals surface area contributed by atoms with Crippen LogP contribution >= 0.6 is 0 Å². The normalized spacial score (nSPS) is 18.4. The van der Waals surface area contributed by atoms with Crippen LogP contribution in [0.4, 0.5) is 4.79 Å². The number of likely N-dealkylation sites (tertiary alicyclic amines) is 1. The molecule has 2 fully saturated rings. The van der Waals surface area contributed by atoms with Crippen molar-refractivity contribution in [1.29, 1.82) is 0 Å². The van der Waals surface area contributed by atoms with E-state index in [4.69, 9.17) is 5.14 Å². The zero-order chi connectivity index (χ0) is 18.7. The molecule has 0 bridgehead atoms. The highest BCUT2D eigenvalue weighted by Crippen LogP contribution is 2.21. The molecule has 1 aromatic rings. The predicted molar refractivity (Wildman–Crippen MR) is 95.5 cm³/mol. The number of hydrogen-bond donors (Lipinski definition) is 3. The van der Waals surface area contributed by atoms with Crippen molar-refractivity contribution >= 4 is 22.0 Å². The Bertz CT molecular complexity index is 766. The van der Waals surface area contributed by atoms with E-state index in [0.717, 1.165) is 18.4 Å². The topological polar surface area (TPSA) is 122 Å². The number of rotatable bonds is 5. The third-order valence-corrected chi connectivity index (χ3v) is 5.71. The van der Waals surface area contributed by atoms with E-state index in [1.165, 1.54) is 12.1 Å². The molecule has 1 aromatic carbocycles. The Hall–Kier alpha value is -2.13. The number of hydrogen-bond acceptors (Lipinski definition) is 4. The molecule has 0 aromatic heterocycles. The first-order chi connectivity index (χ1) is 12.3. The molecule has 1 saturated heterocycles. The minimum atomic E-state index is -3.71. The minimum absolute atomic E-state index is 0.0266. The number of piperidine rings is 1. The summed E-state index contributed by atoms with van der Waals surface area (Å²) in [5, 5.41) is 10.9. The molecule has 2 aliphatic rings. The molecule has 1 heterocycles. The molecule has 1 aliphatic carbocycles. The Labute approximate surface area is 153 Å². The van der Waals surface area contributed by atoms with Gasteiger partial charge in [-0.15, -0.1) is 0 Å². The Morgan fingerprint density at radius 3 is 2.23 bits per heavy atom. The SMILES string of the molecule is NS(=O)(=O)c1ccc(CNC(=O)C2CCN(C(=O)NC3CC3)CC2)cc1. The largest absolute Gasteiger partial charge is 0.352 e. The first kappa shape index (κ1) is 18.7. The number of nitrogens with one attached hydrogen (secondary N) is 2. The van der Waals surface area contributed by atoms with Crippen molar-refractivity contribution in [1.82, 2.24) is 15.5 Å². The van der Waals surface area contributed by atoms with Crippen LogP contribution < -0.4 is 15.8 Å². The van der Waals surface area contributed by atoms with Gasteiger partial charge in [0.25, 0.3) is 0 Å². The smallest absolute Gasteiger partial charge is 0.317 e. The summed E-state index contributed by atoms with van der Waals surface area (Å²) in [6, 6.07) is 6.42. The maximum Gasteiger partial charge on any atom is 0.317 e. The van der Waals surface area contributed by atoms with Gasteiger partial charge in [0.1, 0.15) is 0 Å². The summed E-state index contributed by atoms with van der Waals surface area (Å²) in [5.41, 5.74) is 0.798. The van der Waals surface area contributed by atoms with E-state index >= 15 is 0 Å². The Morgan fingerprint density at radius 1 is 1.08 bits per heavy atom. The molecule has 0 atom stereocenters. The minimum Gasteiger partial charge on any atom is -0.352 e. The molecule has 1 aliphatic heterocycles. The highest BCUT2D eigenvalue weighted by atomic mass is 32.2. The second-order valence-corrected chi connectivity index (χ2v) is 8.45. The second-order valence-electron chi connectivity index (χ2n) is 6.89. The Morgan fingerprint density at radius 2 is 1.69 bits per heavy atom. The maximum absolute atomic E-state index is 12.3. The number of carbonyl (C=O) groups excluding carboxylic acids is 2. The van der Waals surface area contributed by atoms with Gasteiger partial charge in [0.05, 0.1) is 4.90 Å². The lowest BCUT2D eigenvalue weighted by Crippen LogP contribution is -2.47. The van der Waals surface area contributed by atoms with Crippen LogP contribution in [-0.4, -0.2) is 44.4 Å². The molecule has 26 heavy (non-hydrogen) atoms. The number of carbonyl (C=O) groups is 2. The van der Waals surface area contributed by atoms with Crippen LogP contribution in [0.25, 0.3) is 0 Å². The highest BCUT2D eigenvalue weighted by molar-refractivity contribution is 7.89. The molecule has 4 N–H and O–H groups in total. The molecular weight excluding hydrogens is 356 g/mol. The van der Waals surface area contributed by atoms with Gasteiger partial charge in [0.15, 0.2) is 0 Å². The third-order valence-electron chi connectivity index (χ3n) is 4.78. The lowest BCUT2D eigenvalue weighted by molar-refractivity contribution is -0.126. The third kappa shape index (κ3) is 4.95. The summed E-state index contributed by atoms with van der Waals surface area (Å²) in [6.07, 6.45) is 3.41. The van der Waals surface area contributed by atoms with Gasteiger partial charge < -0.3 is 15.5 Å². The van der Waals surface area contributed by atoms with Crippen LogP contribution in [0.5, 0.6) is 0 Å². The van der Waals surface area contributed by atoms with Crippen LogP contribution in [0.15, 0.2) is 29.2 Å². The average Bonchev–Trinajstić information content (AvgIpc) is 3.43. The van der Waals surface area contributed by atoms with Crippen LogP contribution in [0.2, 0.25) is 0 Å². The summed E-state index contributed by atoms with van der Waals surface area (Å²) in [5.74, 6) is -0.147. The van der Waals surface area contributed by atoms with Crippen molar-refractivity contribution < 1.29 is 18.0 Å². The van der Waals surface area contributed by atoms with Gasteiger partial charge in [-0.25, -0.2) is 18.4 Å². The molecular formula is C17H24N4O4S. The molecule has 1 saturated carbocycles. The van der Waals surface area contributed by atoms with E-state index in [0.29, 0.717) is 38.5 Å². The van der Waals surface area contributed by atoms with Crippen molar-refractivity contribution in [3.8, 4) is 0 Å². The maximum atomic E-state index is 12.3. The number of sulfonamides is 1. The van der Waals surface area contributed by atoms with Crippen LogP contribution in [0.1, 0.15) is 31.2 Å². The predicted octanol–water partition coefficient (Wildman–Crippen LogP) is 0.534. The molecule has 0 spiro atoms. The van der Waals surface area contributed by atoms with Crippen LogP contribution in [0, 0.1) is 5.92 Å². The number of urea groups is 1. The quantitative estimate of drug-likeness (QED) is 0.690. The first-order valence-corrected chi connectivity index (χ1v) is 10.3. The second kappa shape index (κ2) is 7.63. The fraction of sp³-hybridized carbons (Fsp3) is 0.529. The van der Waals surface area contributed by atoms with Gasteiger partial charge >= 0.3 is 6.03 Å². The van der Waals surface area contributed by atoms with E-state index in [1.54, 1.807) is 17.0 Å². The summed E-state index contributed by atoms with van der Waals surface area (Å²) in [4.78, 5) is 26.1. The van der Waals surface area contributed by atoms with Crippen LogP contribution in [-0.2, 0) is 21.4 Å². The van der Waals surface area contributed by atoms with E-state index in [2.05, 4.69) is 10.6 Å². The zero-order valence-corrected chi connectivity index (χ0v) is 15.3. The van der Waals surface area contributed by atoms with Gasteiger partial charge in [-0.05, 0) is 43.4 Å². The van der Waals surface area contributed by atoms with Crippen molar-refractivity contribution in [3.63, 3.8) is 0 Å². The highest BCUT2D eigenvalue weighted by Gasteiger charge is 2.30. The monoisotopic (exact) mass is 380 g/mol. The standard InChI is InChI=1S/C17H24N4O4S/c18-26(24,25)15-5-1-12(2-6-15)11-19-16(22)13-7-9-21(10-8-13)17(23)20-14-3-4-14/h1-2,5-6,13-14H,3-4,7-11H2,(H,19,22)(H,20,23)(H2,18,24,25). The number of nitrogens with zero attached hydrogens (tertiary/aromatic N) is 1. The molecule has 9 heteroatoms. The van der Waals surface area contributed by atoms with Crippen molar-refractivity contribution in [2.75, 3.05) is 13.1 Å². The van der Waals surface area contributed by atoms with Crippen molar-refractivity contribution in [2.24, 2.45) is 11.1 Å². The van der Waals surface area contributed by atoms with Gasteiger partial charge in [-0.2, -0.15) is 0 Å². The molecule has 3 rings (SSSR count). The Kier molecular flexibility index (Phi) is 5.47. The molecule has 0 radical (unpaired) electrons. The molecule has 3 amide bonds. The summed E-state index contributed by atoms with van der Waals surface area (Å²) in [6.45, 7) is 1.49. The lowest BCUT2D eigenvalue weighted by Gasteiger charge is -2.31. The lowest BCUT2D eigenvalue weighted by atomic mass is 9.96. The molecule has 0 unspecified atom stereocenters. The number of nitrogens with two attached hydrogens (primary N) is 1. The first-order valence-electron chi connectivity index (χ1n) is 8.78. The molecule has 142 valence electrons. The van der Waals surface area contributed by atoms with Gasteiger partial charge in [-0.3, -0.25) is 4.79 Å². The summed E-state index contributed by atoms with van der Waals surface area (Å²) in [7, 11) is -3.71. The van der Waals surface area contributed by atoms with E-state index in [-0.39, 0.29) is 22.8 Å². The van der Waals surface area contributed by atoms with Crippen molar-refractivity contribution in [2.45, 2.75) is 43.2 Å². The average molecular weight is 380 g/mol. The fourth-order valence-corrected chi connectivity index (χ4v) is 3.48. The zero-order valence-electron chi connectivity index (χ0n) is 14.5. The van der Waals surface area contributed by atoms with E-state index in [9.17, 15) is 18.0 Å². The fourth-order valence-electron chi connectivity index (χ4n) is 2.97. The van der Waals surface area contributed by atoms with Crippen molar-refractivity contribution in [3.05, 3.63) is 29.8 Å². The van der Waals surface area contributed by atoms with Gasteiger partial charge in [0, 0.05) is 31.6 Å². The number of primary sulfonamides is 1. The summed E-state index contributed by atoms with van der Waals surface area (Å²) >= 11 is 0. The summed E-state index contributed by atoms with van der Waals surface area (Å²) < 4.78 is 22.5. The van der Waals surface area contributed by atoms with E-state index in [1.807, 2.05) is 0 Å². The Balaban J connectivity index is 1.43. The van der Waals surface area contributed by atoms with Gasteiger partial charge in [-0.1, -0.05) is 12.1 Å². The van der Waals surface area contributed by atoms with Crippen LogP contribution in [0.3, 0.4) is 0 Å². The number of benzene rings is 1. The number of amides is 3.